The Labute approximate surface area is 130 Å². The van der Waals surface area contributed by atoms with Crippen LogP contribution in [0.3, 0.4) is 0 Å². The quantitative estimate of drug-likeness (QED) is 0.388. The third kappa shape index (κ3) is 5.47. The smallest absolute Gasteiger partial charge is 0.259 e. The first-order chi connectivity index (χ1) is 9.88. The van der Waals surface area contributed by atoms with E-state index in [2.05, 4.69) is 51.1 Å². The lowest BCUT2D eigenvalue weighted by Crippen LogP contribution is -2.36. The van der Waals surface area contributed by atoms with Crippen molar-refractivity contribution in [3.8, 4) is 0 Å². The highest BCUT2D eigenvalue weighted by molar-refractivity contribution is 7.44. The Hall–Kier alpha value is -0.240. The molecular weight excluding hydrogens is 287 g/mol. The van der Waals surface area contributed by atoms with Crippen molar-refractivity contribution in [2.24, 2.45) is 5.92 Å². The van der Waals surface area contributed by atoms with Crippen LogP contribution < -0.4 is 0 Å². The van der Waals surface area contributed by atoms with Gasteiger partial charge in [-0.2, -0.15) is 0 Å². The molecule has 6 heteroatoms. The molecule has 0 saturated carbocycles. The third-order valence-corrected chi connectivity index (χ3v) is 5.64. The summed E-state index contributed by atoms with van der Waals surface area (Å²) in [4.78, 5) is 3.36. The lowest BCUT2D eigenvalue weighted by molar-refractivity contribution is 0.0520. The highest BCUT2D eigenvalue weighted by atomic mass is 31.2. The minimum Gasteiger partial charge on any atom is -0.375 e. The molecule has 0 amide bonds. The molecule has 0 spiro atoms. The van der Waals surface area contributed by atoms with Gasteiger partial charge in [-0.15, -0.1) is 0 Å². The van der Waals surface area contributed by atoms with Crippen LogP contribution in [0, 0.1) is 12.5 Å². The zero-order valence-corrected chi connectivity index (χ0v) is 15.0. The molecule has 0 aliphatic carbocycles. The average molecular weight is 316 g/mol. The normalized spacial score (nSPS) is 27.5. The van der Waals surface area contributed by atoms with Crippen LogP contribution in [0.2, 0.25) is 0 Å². The second kappa shape index (κ2) is 9.02. The maximum absolute atomic E-state index is 6.89. The molecule has 4 atom stereocenters. The summed E-state index contributed by atoms with van der Waals surface area (Å²) in [5.41, 5.74) is 0. The van der Waals surface area contributed by atoms with Crippen LogP contribution >= 0.6 is 8.53 Å². The van der Waals surface area contributed by atoms with Gasteiger partial charge in [-0.3, -0.25) is 0 Å². The molecule has 1 aliphatic heterocycles. The summed E-state index contributed by atoms with van der Waals surface area (Å²) >= 11 is 0. The van der Waals surface area contributed by atoms with Crippen LogP contribution in [-0.4, -0.2) is 48.7 Å². The van der Waals surface area contributed by atoms with E-state index in [4.69, 9.17) is 20.4 Å². The Kier molecular flexibility index (Phi) is 8.08. The van der Waals surface area contributed by atoms with E-state index in [1.165, 1.54) is 0 Å². The summed E-state index contributed by atoms with van der Waals surface area (Å²) in [6, 6.07) is 0.661. The molecule has 0 aromatic rings. The van der Waals surface area contributed by atoms with Gasteiger partial charge >= 0.3 is 0 Å². The predicted octanol–water partition coefficient (Wildman–Crippen LogP) is 3.71. The van der Waals surface area contributed by atoms with Crippen LogP contribution in [0.5, 0.6) is 0 Å². The van der Waals surface area contributed by atoms with E-state index >= 15 is 0 Å². The van der Waals surface area contributed by atoms with Gasteiger partial charge in [-0.25, -0.2) is 11.2 Å². The minimum absolute atomic E-state index is 0.0593. The van der Waals surface area contributed by atoms with E-state index in [1.807, 2.05) is 0 Å². The molecule has 0 aromatic heterocycles. The number of hydrogen-bond donors (Lipinski definition) is 0. The highest BCUT2D eigenvalue weighted by Gasteiger charge is 2.38. The molecular formula is C15H29N2O3P. The molecule has 5 nitrogen and oxygen atoms in total. The van der Waals surface area contributed by atoms with Gasteiger partial charge in [0.1, 0.15) is 6.61 Å². The lowest BCUT2D eigenvalue weighted by atomic mass is 10.1. The second-order valence-electron chi connectivity index (χ2n) is 6.11. The molecule has 2 unspecified atom stereocenters. The number of rotatable bonds is 8. The molecule has 1 rings (SSSR count). The van der Waals surface area contributed by atoms with Gasteiger partial charge in [-0.05, 0) is 34.6 Å². The number of nitrogens with zero attached hydrogens (tertiary/aromatic N) is 2. The Morgan fingerprint density at radius 1 is 1.29 bits per heavy atom. The molecule has 0 aromatic carbocycles. The van der Waals surface area contributed by atoms with Gasteiger partial charge in [0.15, 0.2) is 0 Å². The van der Waals surface area contributed by atoms with Crippen molar-refractivity contribution in [3.05, 3.63) is 11.4 Å². The van der Waals surface area contributed by atoms with Crippen molar-refractivity contribution < 1.29 is 13.8 Å². The topological polar surface area (TPSA) is 35.3 Å². The number of hydrogen-bond acceptors (Lipinski definition) is 4. The van der Waals surface area contributed by atoms with E-state index in [0.717, 1.165) is 6.61 Å². The van der Waals surface area contributed by atoms with E-state index in [0.29, 0.717) is 31.2 Å². The molecule has 1 fully saturated rings. The molecule has 122 valence electrons. The predicted molar refractivity (Wildman–Crippen MR) is 85.9 cm³/mol. The standard InChI is InChI=1S/C15H29N2O3P/c1-11(2)17(12(3)4)21(19-9-8-16-7)20-15-13(5)10-18-14(15)6/h11-15H,8-10H2,1-6H3/t13-,14?,15-,21?/m0/s1. The van der Waals surface area contributed by atoms with Crippen molar-refractivity contribution in [3.63, 3.8) is 0 Å². The van der Waals surface area contributed by atoms with Gasteiger partial charge < -0.3 is 18.6 Å². The zero-order valence-electron chi connectivity index (χ0n) is 14.1. The highest BCUT2D eigenvalue weighted by Crippen LogP contribution is 2.49. The SMILES string of the molecule is [C-]#[N+]CCOP(O[C@@H]1C(C)OC[C@@H]1C)N(C(C)C)C(C)C. The third-order valence-electron chi connectivity index (χ3n) is 3.51. The first-order valence-corrected chi connectivity index (χ1v) is 8.84. The van der Waals surface area contributed by atoms with Crippen molar-refractivity contribution in [2.45, 2.75) is 65.8 Å². The summed E-state index contributed by atoms with van der Waals surface area (Å²) in [6.45, 7) is 21.2. The fourth-order valence-corrected chi connectivity index (χ4v) is 4.42. The Morgan fingerprint density at radius 2 is 1.90 bits per heavy atom. The maximum atomic E-state index is 6.89. The number of ether oxygens (including phenoxy) is 1. The summed E-state index contributed by atoms with van der Waals surface area (Å²) in [5.74, 6) is 0.371. The second-order valence-corrected chi connectivity index (χ2v) is 7.51. The van der Waals surface area contributed by atoms with Gasteiger partial charge in [-0.1, -0.05) is 6.92 Å². The molecule has 0 bridgehead atoms. The summed E-state index contributed by atoms with van der Waals surface area (Å²) in [7, 11) is -1.17. The fraction of sp³-hybridized carbons (Fsp3) is 0.933. The van der Waals surface area contributed by atoms with Crippen molar-refractivity contribution in [1.82, 2.24) is 4.67 Å². The Bertz CT molecular complexity index is 328. The van der Waals surface area contributed by atoms with Gasteiger partial charge in [0.05, 0.1) is 18.8 Å². The minimum atomic E-state index is -1.17. The lowest BCUT2D eigenvalue weighted by Gasteiger charge is -2.37. The van der Waals surface area contributed by atoms with Crippen molar-refractivity contribution >= 4 is 8.53 Å². The van der Waals surface area contributed by atoms with Crippen LogP contribution in [0.1, 0.15) is 41.5 Å². The van der Waals surface area contributed by atoms with E-state index < -0.39 is 8.53 Å². The summed E-state index contributed by atoms with van der Waals surface area (Å²) in [6.07, 6.45) is 0.152. The summed E-state index contributed by atoms with van der Waals surface area (Å²) < 4.78 is 20.2. The fourth-order valence-electron chi connectivity index (χ4n) is 2.54. The first-order valence-electron chi connectivity index (χ1n) is 7.71. The van der Waals surface area contributed by atoms with Crippen molar-refractivity contribution in [1.29, 1.82) is 0 Å². The molecule has 0 N–H and O–H groups in total. The molecule has 0 radical (unpaired) electrons. The van der Waals surface area contributed by atoms with E-state index in [9.17, 15) is 0 Å². The van der Waals surface area contributed by atoms with Gasteiger partial charge in [0.25, 0.3) is 8.53 Å². The molecule has 21 heavy (non-hydrogen) atoms. The average Bonchev–Trinajstić information content (AvgIpc) is 2.69. The molecule has 1 heterocycles. The van der Waals surface area contributed by atoms with Crippen molar-refractivity contribution in [2.75, 3.05) is 19.8 Å². The van der Waals surface area contributed by atoms with E-state index in [1.54, 1.807) is 0 Å². The van der Waals surface area contributed by atoms with Crippen LogP contribution in [0.15, 0.2) is 0 Å². The zero-order chi connectivity index (χ0) is 16.0. The monoisotopic (exact) mass is 316 g/mol. The Balaban J connectivity index is 2.77. The molecule has 1 aliphatic rings. The van der Waals surface area contributed by atoms with E-state index in [-0.39, 0.29) is 12.2 Å². The van der Waals surface area contributed by atoms with Crippen LogP contribution in [-0.2, 0) is 13.8 Å². The molecule has 1 saturated heterocycles. The van der Waals surface area contributed by atoms with Gasteiger partial charge in [0, 0.05) is 18.0 Å². The summed E-state index contributed by atoms with van der Waals surface area (Å²) in [5, 5.41) is 0. The Morgan fingerprint density at radius 3 is 2.33 bits per heavy atom. The largest absolute Gasteiger partial charge is 0.375 e. The first kappa shape index (κ1) is 18.8. The maximum Gasteiger partial charge on any atom is 0.259 e. The van der Waals surface area contributed by atoms with Gasteiger partial charge in [0.2, 0.25) is 6.54 Å². The van der Waals surface area contributed by atoms with Crippen LogP contribution in [0.25, 0.3) is 4.85 Å². The van der Waals surface area contributed by atoms with Crippen LogP contribution in [0.4, 0.5) is 0 Å².